The quantitative estimate of drug-likeness (QED) is 0.119. The molecule has 0 N–H and O–H groups in total. The van der Waals surface area contributed by atoms with Gasteiger partial charge >= 0.3 is 0 Å². The summed E-state index contributed by atoms with van der Waals surface area (Å²) >= 11 is 0. The average Bonchev–Trinajstić information content (AvgIpc) is 2.70. The number of allylic oxidation sites excluding steroid dienone is 9. The first kappa shape index (κ1) is 28.7. The van der Waals surface area contributed by atoms with Gasteiger partial charge < -0.3 is 0 Å². The van der Waals surface area contributed by atoms with E-state index in [1.807, 2.05) is 0 Å². The molecule has 0 nitrogen and oxygen atoms in total. The van der Waals surface area contributed by atoms with Crippen LogP contribution in [-0.4, -0.2) is 0 Å². The molecule has 0 rings (SSSR count). The zero-order valence-corrected chi connectivity index (χ0v) is 21.3. The number of hydrogen-bond donors (Lipinski definition) is 0. The fraction of sp³-hybridized carbons (Fsp3) is 0.667. The summed E-state index contributed by atoms with van der Waals surface area (Å²) in [5, 5.41) is 0. The lowest BCUT2D eigenvalue weighted by atomic mass is 9.95. The van der Waals surface area contributed by atoms with Crippen LogP contribution in [0.5, 0.6) is 0 Å². The predicted molar refractivity (Wildman–Crippen MR) is 140 cm³/mol. The van der Waals surface area contributed by atoms with Crippen molar-refractivity contribution in [2.75, 3.05) is 0 Å². The van der Waals surface area contributed by atoms with Crippen molar-refractivity contribution in [1.29, 1.82) is 0 Å². The molecule has 0 aromatic rings. The Balaban J connectivity index is 4.77. The second-order valence-corrected chi connectivity index (χ2v) is 9.56. The summed E-state index contributed by atoms with van der Waals surface area (Å²) in [6, 6.07) is 0. The van der Waals surface area contributed by atoms with E-state index in [0.717, 1.165) is 18.8 Å². The Labute approximate surface area is 190 Å². The largest absolute Gasteiger partial charge is 0.103 e. The van der Waals surface area contributed by atoms with E-state index in [1.54, 1.807) is 5.57 Å². The molecule has 30 heavy (non-hydrogen) atoms. The van der Waals surface area contributed by atoms with Crippen LogP contribution in [0.25, 0.3) is 0 Å². The minimum atomic E-state index is 0.541. The number of rotatable bonds is 18. The van der Waals surface area contributed by atoms with Gasteiger partial charge in [0, 0.05) is 0 Å². The molecule has 0 aromatic carbocycles. The van der Waals surface area contributed by atoms with Gasteiger partial charge in [-0.15, -0.1) is 6.58 Å². The third-order valence-electron chi connectivity index (χ3n) is 5.53. The first-order chi connectivity index (χ1) is 14.4. The number of unbranched alkanes of at least 4 members (excludes halogenated alkanes) is 3. The Hall–Kier alpha value is -1.30. The minimum absolute atomic E-state index is 0.541. The summed E-state index contributed by atoms with van der Waals surface area (Å²) in [6.07, 6.45) is 30.4. The van der Waals surface area contributed by atoms with Crippen LogP contribution in [0.1, 0.15) is 112 Å². The molecule has 2 atom stereocenters. The first-order valence-electron chi connectivity index (χ1n) is 12.7. The molecule has 0 fully saturated rings. The molecule has 172 valence electrons. The summed E-state index contributed by atoms with van der Waals surface area (Å²) in [7, 11) is 0. The molecule has 0 radical (unpaired) electrons. The minimum Gasteiger partial charge on any atom is -0.103 e. The maximum Gasteiger partial charge on any atom is -0.00481 e. The van der Waals surface area contributed by atoms with Crippen LogP contribution in [-0.2, 0) is 0 Å². The van der Waals surface area contributed by atoms with E-state index in [0.29, 0.717) is 11.8 Å². The normalized spacial score (nSPS) is 14.6. The maximum atomic E-state index is 4.00. The average molecular weight is 413 g/mol. The van der Waals surface area contributed by atoms with Gasteiger partial charge in [0.05, 0.1) is 0 Å². The second-order valence-electron chi connectivity index (χ2n) is 9.56. The smallest absolute Gasteiger partial charge is 0.00481 e. The first-order valence-corrected chi connectivity index (χ1v) is 12.7. The van der Waals surface area contributed by atoms with Gasteiger partial charge in [0.1, 0.15) is 0 Å². The lowest BCUT2D eigenvalue weighted by molar-refractivity contribution is 0.586. The van der Waals surface area contributed by atoms with Crippen molar-refractivity contribution in [2.24, 2.45) is 17.8 Å². The van der Waals surface area contributed by atoms with Crippen LogP contribution in [0.15, 0.2) is 60.3 Å². The molecule has 0 aromatic heterocycles. The van der Waals surface area contributed by atoms with E-state index < -0.39 is 0 Å². The van der Waals surface area contributed by atoms with E-state index in [-0.39, 0.29) is 0 Å². The Morgan fingerprint density at radius 3 is 2.27 bits per heavy atom. The molecular weight excluding hydrogens is 360 g/mol. The van der Waals surface area contributed by atoms with Gasteiger partial charge in [-0.25, -0.2) is 0 Å². The van der Waals surface area contributed by atoms with Crippen LogP contribution in [0.3, 0.4) is 0 Å². The Morgan fingerprint density at radius 2 is 1.67 bits per heavy atom. The van der Waals surface area contributed by atoms with E-state index in [9.17, 15) is 0 Å². The summed E-state index contributed by atoms with van der Waals surface area (Å²) in [4.78, 5) is 0. The standard InChI is InChI=1S/C30H52/c1-8-11-12-13-18-29(24-23-26(4)5)19-14-15-20-30(25-27(6)7)22-16-21-28(10-3)17-9-2/h10,14,16,19,22,24-26,28,30H,3,8-9,11-13,15,17-18,20-21,23H2,1-2,4-7H3. The van der Waals surface area contributed by atoms with Crippen molar-refractivity contribution in [3.63, 3.8) is 0 Å². The molecule has 0 heteroatoms. The van der Waals surface area contributed by atoms with Crippen molar-refractivity contribution in [3.05, 3.63) is 60.3 Å². The summed E-state index contributed by atoms with van der Waals surface area (Å²) in [5.74, 6) is 1.91. The summed E-state index contributed by atoms with van der Waals surface area (Å²) in [6.45, 7) is 17.6. The van der Waals surface area contributed by atoms with Crippen LogP contribution in [0.2, 0.25) is 0 Å². The van der Waals surface area contributed by atoms with E-state index in [1.165, 1.54) is 63.4 Å². The van der Waals surface area contributed by atoms with Gasteiger partial charge in [-0.2, -0.15) is 0 Å². The molecule has 0 aliphatic rings. The topological polar surface area (TPSA) is 0 Å². The Bertz CT molecular complexity index is 522. The molecule has 0 aliphatic heterocycles. The fourth-order valence-electron chi connectivity index (χ4n) is 3.71. The number of hydrogen-bond acceptors (Lipinski definition) is 0. The molecule has 2 unspecified atom stereocenters. The molecular formula is C30H52. The van der Waals surface area contributed by atoms with Gasteiger partial charge in [0.15, 0.2) is 0 Å². The Morgan fingerprint density at radius 1 is 0.900 bits per heavy atom. The maximum absolute atomic E-state index is 4.00. The van der Waals surface area contributed by atoms with E-state index >= 15 is 0 Å². The molecule has 0 bridgehead atoms. The zero-order chi connectivity index (χ0) is 22.6. The summed E-state index contributed by atoms with van der Waals surface area (Å²) < 4.78 is 0. The van der Waals surface area contributed by atoms with Crippen LogP contribution in [0, 0.1) is 17.8 Å². The van der Waals surface area contributed by atoms with Crippen molar-refractivity contribution in [1.82, 2.24) is 0 Å². The molecule has 0 saturated heterocycles. The van der Waals surface area contributed by atoms with Crippen LogP contribution >= 0.6 is 0 Å². The van der Waals surface area contributed by atoms with Gasteiger partial charge in [0.2, 0.25) is 0 Å². The molecule has 0 heterocycles. The molecule has 0 aliphatic carbocycles. The molecule has 0 amide bonds. The van der Waals surface area contributed by atoms with E-state index in [2.05, 4.69) is 90.7 Å². The molecule has 0 saturated carbocycles. The van der Waals surface area contributed by atoms with Crippen molar-refractivity contribution < 1.29 is 0 Å². The second kappa shape index (κ2) is 19.7. The van der Waals surface area contributed by atoms with Crippen molar-refractivity contribution in [3.8, 4) is 0 Å². The highest BCUT2D eigenvalue weighted by Gasteiger charge is 2.03. The lowest BCUT2D eigenvalue weighted by Crippen LogP contribution is -1.96. The van der Waals surface area contributed by atoms with Gasteiger partial charge in [-0.3, -0.25) is 0 Å². The van der Waals surface area contributed by atoms with Crippen LogP contribution < -0.4 is 0 Å². The fourth-order valence-corrected chi connectivity index (χ4v) is 3.71. The predicted octanol–water partition coefficient (Wildman–Crippen LogP) is 10.4. The monoisotopic (exact) mass is 412 g/mol. The van der Waals surface area contributed by atoms with Gasteiger partial charge in [0.25, 0.3) is 0 Å². The highest BCUT2D eigenvalue weighted by molar-refractivity contribution is 5.19. The van der Waals surface area contributed by atoms with Crippen molar-refractivity contribution >= 4 is 0 Å². The lowest BCUT2D eigenvalue weighted by Gasteiger charge is -2.10. The third-order valence-corrected chi connectivity index (χ3v) is 5.53. The zero-order valence-electron chi connectivity index (χ0n) is 21.3. The van der Waals surface area contributed by atoms with Gasteiger partial charge in [-0.1, -0.05) is 107 Å². The SMILES string of the molecule is C=CC(CC=CC(C=C(C)C)CCC=CC(=CCC(C)C)CCCCCC)CCC. The highest BCUT2D eigenvalue weighted by Crippen LogP contribution is 2.19. The summed E-state index contributed by atoms with van der Waals surface area (Å²) in [5.41, 5.74) is 2.96. The molecule has 0 spiro atoms. The van der Waals surface area contributed by atoms with E-state index in [4.69, 9.17) is 0 Å². The third kappa shape index (κ3) is 17.5. The Kier molecular flexibility index (Phi) is 18.8. The van der Waals surface area contributed by atoms with Crippen molar-refractivity contribution in [2.45, 2.75) is 112 Å². The van der Waals surface area contributed by atoms with Crippen LogP contribution in [0.4, 0.5) is 0 Å². The highest BCUT2D eigenvalue weighted by atomic mass is 14.1. The van der Waals surface area contributed by atoms with Gasteiger partial charge in [-0.05, 0) is 76.5 Å².